The molecule has 1 saturated heterocycles. The van der Waals surface area contributed by atoms with Crippen molar-refractivity contribution in [1.29, 1.82) is 0 Å². The van der Waals surface area contributed by atoms with Crippen molar-refractivity contribution < 1.29 is 4.74 Å². The van der Waals surface area contributed by atoms with Crippen LogP contribution in [-0.2, 0) is 13.0 Å². The number of benzene rings is 1. The highest BCUT2D eigenvalue weighted by Crippen LogP contribution is 2.27. The van der Waals surface area contributed by atoms with E-state index < -0.39 is 0 Å². The number of nitrogens with one attached hydrogen (secondary N) is 1. The molecular weight excluding hydrogens is 288 g/mol. The summed E-state index contributed by atoms with van der Waals surface area (Å²) in [5.41, 5.74) is 2.42. The zero-order valence-electron chi connectivity index (χ0n) is 13.2. The Kier molecular flexibility index (Phi) is 4.11. The molecule has 0 aliphatic carbocycles. The van der Waals surface area contributed by atoms with Gasteiger partial charge in [0.2, 0.25) is 5.95 Å². The minimum atomic E-state index is 0.220. The van der Waals surface area contributed by atoms with Gasteiger partial charge < -0.3 is 15.0 Å². The van der Waals surface area contributed by atoms with Crippen molar-refractivity contribution in [2.75, 3.05) is 24.5 Å². The third kappa shape index (κ3) is 3.29. The lowest BCUT2D eigenvalue weighted by Gasteiger charge is -2.15. The summed E-state index contributed by atoms with van der Waals surface area (Å²) >= 11 is 0. The maximum absolute atomic E-state index is 5.93. The van der Waals surface area contributed by atoms with Crippen LogP contribution in [0.3, 0.4) is 0 Å². The third-order valence-electron chi connectivity index (χ3n) is 4.50. The fourth-order valence-corrected chi connectivity index (χ4v) is 3.26. The minimum Gasteiger partial charge on any atom is -0.488 e. The largest absolute Gasteiger partial charge is 0.488 e. The van der Waals surface area contributed by atoms with E-state index in [0.29, 0.717) is 0 Å². The van der Waals surface area contributed by atoms with Gasteiger partial charge in [-0.3, -0.25) is 0 Å². The zero-order chi connectivity index (χ0) is 15.5. The van der Waals surface area contributed by atoms with Crippen LogP contribution >= 0.6 is 0 Å². The van der Waals surface area contributed by atoms with Gasteiger partial charge in [0.05, 0.1) is 0 Å². The van der Waals surface area contributed by atoms with E-state index in [0.717, 1.165) is 49.9 Å². The number of nitrogens with zero attached hydrogens (tertiary/aromatic N) is 3. The second kappa shape index (κ2) is 6.54. The Morgan fingerprint density at radius 2 is 1.91 bits per heavy atom. The summed E-state index contributed by atoms with van der Waals surface area (Å²) < 4.78 is 5.93. The number of hydrogen-bond donors (Lipinski definition) is 1. The lowest BCUT2D eigenvalue weighted by atomic mass is 10.1. The molecule has 1 aromatic heterocycles. The molecule has 0 saturated carbocycles. The van der Waals surface area contributed by atoms with Crippen LogP contribution in [0, 0.1) is 0 Å². The number of ether oxygens (including phenoxy) is 1. The maximum atomic E-state index is 5.93. The molecule has 0 amide bonds. The van der Waals surface area contributed by atoms with E-state index in [4.69, 9.17) is 4.74 Å². The van der Waals surface area contributed by atoms with Crippen LogP contribution in [0.25, 0.3) is 0 Å². The molecule has 4 rings (SSSR count). The van der Waals surface area contributed by atoms with E-state index in [1.807, 2.05) is 24.5 Å². The Morgan fingerprint density at radius 1 is 1.13 bits per heavy atom. The number of rotatable bonds is 5. The zero-order valence-corrected chi connectivity index (χ0v) is 13.2. The highest BCUT2D eigenvalue weighted by Gasteiger charge is 2.21. The average molecular weight is 310 g/mol. The first kappa shape index (κ1) is 14.5. The predicted molar refractivity (Wildman–Crippen MR) is 89.7 cm³/mol. The number of anilines is 1. The van der Waals surface area contributed by atoms with Crippen molar-refractivity contribution in [3.05, 3.63) is 47.8 Å². The van der Waals surface area contributed by atoms with Crippen molar-refractivity contribution in [3.8, 4) is 5.75 Å². The molecule has 5 nitrogen and oxygen atoms in total. The van der Waals surface area contributed by atoms with Crippen LogP contribution in [0.4, 0.5) is 5.95 Å². The Morgan fingerprint density at radius 3 is 2.70 bits per heavy atom. The molecule has 2 aliphatic heterocycles. The molecule has 2 aliphatic rings. The monoisotopic (exact) mass is 310 g/mol. The first-order valence-electron chi connectivity index (χ1n) is 8.39. The van der Waals surface area contributed by atoms with Crippen LogP contribution in [0.2, 0.25) is 0 Å². The molecule has 1 aromatic carbocycles. The predicted octanol–water partition coefficient (Wildman–Crippen LogP) is 2.17. The number of aromatic nitrogens is 2. The lowest BCUT2D eigenvalue weighted by molar-refractivity contribution is 0.227. The standard InChI is InChI=1S/C18H22N4O/c1-2-6-17-15(5-1)9-16(23-17)13-19-10-14-11-20-18(21-12-14)22-7-3-4-8-22/h1-2,5-6,11-12,16,19H,3-4,7-10,13H2/t16-/m0/s1. The fraction of sp³-hybridized carbons (Fsp3) is 0.444. The number of hydrogen-bond acceptors (Lipinski definition) is 5. The maximum Gasteiger partial charge on any atom is 0.225 e. The fourth-order valence-electron chi connectivity index (χ4n) is 3.26. The molecular formula is C18H22N4O. The smallest absolute Gasteiger partial charge is 0.225 e. The summed E-state index contributed by atoms with van der Waals surface area (Å²) in [5.74, 6) is 1.89. The van der Waals surface area contributed by atoms with Gasteiger partial charge in [0, 0.05) is 50.6 Å². The van der Waals surface area contributed by atoms with Gasteiger partial charge in [0.1, 0.15) is 11.9 Å². The van der Waals surface area contributed by atoms with Crippen LogP contribution in [0.5, 0.6) is 5.75 Å². The summed E-state index contributed by atoms with van der Waals surface area (Å²) in [7, 11) is 0. The van der Waals surface area contributed by atoms with Gasteiger partial charge in [-0.1, -0.05) is 18.2 Å². The molecule has 0 unspecified atom stereocenters. The van der Waals surface area contributed by atoms with Crippen molar-refractivity contribution >= 4 is 5.95 Å². The minimum absolute atomic E-state index is 0.220. The third-order valence-corrected chi connectivity index (χ3v) is 4.50. The van der Waals surface area contributed by atoms with Crippen LogP contribution in [0.15, 0.2) is 36.7 Å². The van der Waals surface area contributed by atoms with E-state index in [-0.39, 0.29) is 6.10 Å². The van der Waals surface area contributed by atoms with E-state index >= 15 is 0 Å². The molecule has 0 bridgehead atoms. The van der Waals surface area contributed by atoms with Crippen molar-refractivity contribution in [2.45, 2.75) is 31.9 Å². The van der Waals surface area contributed by atoms with Gasteiger partial charge >= 0.3 is 0 Å². The normalized spacial score (nSPS) is 19.7. The van der Waals surface area contributed by atoms with Gasteiger partial charge in [-0.15, -0.1) is 0 Å². The highest BCUT2D eigenvalue weighted by atomic mass is 16.5. The van der Waals surface area contributed by atoms with Gasteiger partial charge in [-0.05, 0) is 24.5 Å². The van der Waals surface area contributed by atoms with E-state index in [9.17, 15) is 0 Å². The lowest BCUT2D eigenvalue weighted by Crippen LogP contribution is -2.29. The van der Waals surface area contributed by atoms with Crippen LogP contribution in [0.1, 0.15) is 24.0 Å². The summed E-state index contributed by atoms with van der Waals surface area (Å²) in [6.07, 6.45) is 7.55. The first-order chi connectivity index (χ1) is 11.4. The molecule has 120 valence electrons. The molecule has 23 heavy (non-hydrogen) atoms. The van der Waals surface area contributed by atoms with Crippen molar-refractivity contribution in [3.63, 3.8) is 0 Å². The summed E-state index contributed by atoms with van der Waals surface area (Å²) in [5, 5.41) is 3.45. The molecule has 5 heteroatoms. The van der Waals surface area contributed by atoms with Gasteiger partial charge in [-0.25, -0.2) is 9.97 Å². The summed E-state index contributed by atoms with van der Waals surface area (Å²) in [6.45, 7) is 3.77. The SMILES string of the molecule is c1ccc2c(c1)C[C@@H](CNCc1cnc(N3CCCC3)nc1)O2. The van der Waals surface area contributed by atoms with Crippen LogP contribution in [-0.4, -0.2) is 35.7 Å². The van der Waals surface area contributed by atoms with Crippen molar-refractivity contribution in [1.82, 2.24) is 15.3 Å². The summed E-state index contributed by atoms with van der Waals surface area (Å²) in [6, 6.07) is 8.27. The van der Waals surface area contributed by atoms with E-state index in [1.165, 1.54) is 18.4 Å². The molecule has 3 heterocycles. The molecule has 0 spiro atoms. The Labute approximate surface area is 136 Å². The topological polar surface area (TPSA) is 50.3 Å². The van der Waals surface area contributed by atoms with Gasteiger partial charge in [0.15, 0.2) is 0 Å². The molecule has 2 aromatic rings. The Balaban J connectivity index is 1.25. The number of fused-ring (bicyclic) bond motifs is 1. The quantitative estimate of drug-likeness (QED) is 0.917. The van der Waals surface area contributed by atoms with E-state index in [1.54, 1.807) is 0 Å². The molecule has 1 fully saturated rings. The Bertz CT molecular complexity index is 627. The molecule has 0 radical (unpaired) electrons. The first-order valence-corrected chi connectivity index (χ1v) is 8.39. The van der Waals surface area contributed by atoms with Gasteiger partial charge in [-0.2, -0.15) is 0 Å². The van der Waals surface area contributed by atoms with E-state index in [2.05, 4.69) is 32.3 Å². The second-order valence-electron chi connectivity index (χ2n) is 6.27. The number of para-hydroxylation sites is 1. The van der Waals surface area contributed by atoms with Crippen LogP contribution < -0.4 is 15.0 Å². The average Bonchev–Trinajstić information content (AvgIpc) is 3.25. The van der Waals surface area contributed by atoms with Gasteiger partial charge in [0.25, 0.3) is 0 Å². The second-order valence-corrected chi connectivity index (χ2v) is 6.27. The summed E-state index contributed by atoms with van der Waals surface area (Å²) in [4.78, 5) is 11.2. The Hall–Kier alpha value is -2.14. The highest BCUT2D eigenvalue weighted by molar-refractivity contribution is 5.37. The molecule has 1 N–H and O–H groups in total. The molecule has 1 atom stereocenters. The van der Waals surface area contributed by atoms with Crippen molar-refractivity contribution in [2.24, 2.45) is 0 Å².